The van der Waals surface area contributed by atoms with Crippen molar-refractivity contribution in [2.24, 2.45) is 0 Å². The van der Waals surface area contributed by atoms with E-state index in [0.29, 0.717) is 5.56 Å². The molecule has 0 atom stereocenters. The molecule has 0 amide bonds. The number of rotatable bonds is 3. The number of phenolic OH excluding ortho intramolecular Hbond substituents is 1. The largest absolute Gasteiger partial charge is 0.508 e. The van der Waals surface area contributed by atoms with Crippen LogP contribution < -0.4 is 0 Å². The van der Waals surface area contributed by atoms with Crippen molar-refractivity contribution in [1.82, 2.24) is 14.6 Å². The van der Waals surface area contributed by atoms with Gasteiger partial charge in [-0.05, 0) is 36.4 Å². The monoisotopic (exact) mass is 351 g/mol. The summed E-state index contributed by atoms with van der Waals surface area (Å²) in [6.07, 6.45) is 1.85. The quantitative estimate of drug-likeness (QED) is 0.571. The molecule has 0 unspecified atom stereocenters. The number of hydrogen-bond donors (Lipinski definition) is 1. The second-order valence-electron chi connectivity index (χ2n) is 5.38. The molecule has 2 aromatic carbocycles. The zero-order valence-electron chi connectivity index (χ0n) is 13.2. The van der Waals surface area contributed by atoms with Gasteiger partial charge >= 0.3 is 5.97 Å². The zero-order valence-corrected chi connectivity index (χ0v) is 14.0. The number of methoxy groups -OCH3 is 1. The van der Waals surface area contributed by atoms with Crippen LogP contribution in [0.1, 0.15) is 10.4 Å². The fraction of sp³-hybridized carbons (Fsp3) is 0.0556. The number of fused-ring (bicyclic) bond motifs is 1. The van der Waals surface area contributed by atoms with E-state index in [1.165, 1.54) is 18.4 Å². The minimum absolute atomic E-state index is 0.223. The smallest absolute Gasteiger partial charge is 0.337 e. The van der Waals surface area contributed by atoms with E-state index < -0.39 is 0 Å². The van der Waals surface area contributed by atoms with Crippen molar-refractivity contribution in [3.8, 4) is 27.6 Å². The molecule has 0 radical (unpaired) electrons. The second-order valence-corrected chi connectivity index (χ2v) is 6.33. The molecule has 0 saturated heterocycles. The summed E-state index contributed by atoms with van der Waals surface area (Å²) in [7, 11) is 1.36. The van der Waals surface area contributed by atoms with Crippen molar-refractivity contribution < 1.29 is 14.6 Å². The van der Waals surface area contributed by atoms with Gasteiger partial charge in [-0.2, -0.15) is 5.10 Å². The van der Waals surface area contributed by atoms with Gasteiger partial charge in [0.05, 0.1) is 24.6 Å². The first kappa shape index (κ1) is 15.3. The van der Waals surface area contributed by atoms with Crippen LogP contribution in [0.25, 0.3) is 26.8 Å². The maximum Gasteiger partial charge on any atom is 0.337 e. The van der Waals surface area contributed by atoms with Crippen LogP contribution in [0.2, 0.25) is 0 Å². The van der Waals surface area contributed by atoms with E-state index in [2.05, 4.69) is 10.1 Å². The Morgan fingerprint density at radius 1 is 1.08 bits per heavy atom. The molecular formula is C18H13N3O3S. The van der Waals surface area contributed by atoms with Gasteiger partial charge in [0, 0.05) is 11.1 Å². The number of carbonyl (C=O) groups is 1. The Kier molecular flexibility index (Phi) is 3.70. The van der Waals surface area contributed by atoms with E-state index in [-0.39, 0.29) is 11.7 Å². The predicted molar refractivity (Wildman–Crippen MR) is 94.7 cm³/mol. The molecule has 7 heteroatoms. The third-order valence-corrected chi connectivity index (χ3v) is 4.73. The molecule has 2 aromatic heterocycles. The molecule has 0 aliphatic rings. The first-order valence-corrected chi connectivity index (χ1v) is 8.30. The van der Waals surface area contributed by atoms with Crippen LogP contribution >= 0.6 is 11.3 Å². The average Bonchev–Trinajstić information content (AvgIpc) is 3.21. The number of aromatic nitrogens is 3. The SMILES string of the molecule is COC(=O)c1ccc(-c2nn3cc(-c4ccc(O)cc4)nc3s2)cc1. The molecule has 25 heavy (non-hydrogen) atoms. The highest BCUT2D eigenvalue weighted by Crippen LogP contribution is 2.28. The van der Waals surface area contributed by atoms with Crippen molar-refractivity contribution in [1.29, 1.82) is 0 Å². The first-order chi connectivity index (χ1) is 12.1. The fourth-order valence-corrected chi connectivity index (χ4v) is 3.34. The Balaban J connectivity index is 1.65. The lowest BCUT2D eigenvalue weighted by molar-refractivity contribution is 0.0601. The van der Waals surface area contributed by atoms with Crippen molar-refractivity contribution in [2.75, 3.05) is 7.11 Å². The van der Waals surface area contributed by atoms with Gasteiger partial charge in [0.2, 0.25) is 4.96 Å². The summed E-state index contributed by atoms with van der Waals surface area (Å²) >= 11 is 1.46. The van der Waals surface area contributed by atoms with E-state index in [1.807, 2.05) is 30.5 Å². The predicted octanol–water partition coefficient (Wildman–Crippen LogP) is 3.62. The number of ether oxygens (including phenoxy) is 1. The molecule has 0 bridgehead atoms. The Morgan fingerprint density at radius 2 is 1.76 bits per heavy atom. The number of imidazole rings is 1. The number of esters is 1. The van der Waals surface area contributed by atoms with Gasteiger partial charge in [0.1, 0.15) is 10.8 Å². The van der Waals surface area contributed by atoms with Crippen LogP contribution in [0.3, 0.4) is 0 Å². The van der Waals surface area contributed by atoms with E-state index in [9.17, 15) is 9.90 Å². The zero-order chi connectivity index (χ0) is 17.4. The molecule has 0 saturated carbocycles. The molecule has 2 heterocycles. The van der Waals surface area contributed by atoms with Crippen LogP contribution in [0.15, 0.2) is 54.7 Å². The summed E-state index contributed by atoms with van der Waals surface area (Å²) in [6, 6.07) is 14.0. The Hall–Kier alpha value is -3.19. The summed E-state index contributed by atoms with van der Waals surface area (Å²) in [5.74, 6) is -0.139. The molecule has 1 N–H and O–H groups in total. The molecule has 0 fully saturated rings. The maximum atomic E-state index is 11.5. The Morgan fingerprint density at radius 3 is 2.40 bits per heavy atom. The van der Waals surface area contributed by atoms with Crippen molar-refractivity contribution in [2.45, 2.75) is 0 Å². The molecule has 0 aliphatic heterocycles. The molecule has 4 aromatic rings. The highest BCUT2D eigenvalue weighted by atomic mass is 32.1. The van der Waals surface area contributed by atoms with Gasteiger partial charge in [-0.15, -0.1) is 0 Å². The second kappa shape index (κ2) is 6.03. The van der Waals surface area contributed by atoms with Gasteiger partial charge in [0.15, 0.2) is 0 Å². The van der Waals surface area contributed by atoms with Crippen LogP contribution in [0.4, 0.5) is 0 Å². The van der Waals surface area contributed by atoms with Crippen LogP contribution in [0.5, 0.6) is 5.75 Å². The fourth-order valence-electron chi connectivity index (χ4n) is 2.45. The lowest BCUT2D eigenvalue weighted by Gasteiger charge is -2.00. The van der Waals surface area contributed by atoms with Crippen molar-refractivity contribution in [3.63, 3.8) is 0 Å². The minimum atomic E-state index is -0.362. The topological polar surface area (TPSA) is 76.7 Å². The van der Waals surface area contributed by atoms with E-state index >= 15 is 0 Å². The van der Waals surface area contributed by atoms with Crippen LogP contribution in [-0.2, 0) is 4.74 Å². The molecule has 124 valence electrons. The maximum absolute atomic E-state index is 11.5. The summed E-state index contributed by atoms with van der Waals surface area (Å²) in [5, 5.41) is 14.7. The minimum Gasteiger partial charge on any atom is -0.508 e. The van der Waals surface area contributed by atoms with Gasteiger partial charge in [-0.3, -0.25) is 0 Å². The molecule has 6 nitrogen and oxygen atoms in total. The van der Waals surface area contributed by atoms with Gasteiger partial charge in [-0.25, -0.2) is 14.3 Å². The third-order valence-electron chi connectivity index (χ3n) is 3.76. The Labute approximate surface area is 147 Å². The normalized spacial score (nSPS) is 10.9. The molecular weight excluding hydrogens is 338 g/mol. The van der Waals surface area contributed by atoms with Crippen LogP contribution in [0, 0.1) is 0 Å². The summed E-state index contributed by atoms with van der Waals surface area (Å²) in [5.41, 5.74) is 3.13. The summed E-state index contributed by atoms with van der Waals surface area (Å²) < 4.78 is 6.43. The lowest BCUT2D eigenvalue weighted by Crippen LogP contribution is -2.00. The number of carbonyl (C=O) groups excluding carboxylic acids is 1. The lowest BCUT2D eigenvalue weighted by atomic mass is 10.1. The van der Waals surface area contributed by atoms with Gasteiger partial charge in [-0.1, -0.05) is 23.5 Å². The first-order valence-electron chi connectivity index (χ1n) is 7.48. The summed E-state index contributed by atoms with van der Waals surface area (Å²) in [4.78, 5) is 16.8. The standard InChI is InChI=1S/C18H13N3O3S/c1-24-17(23)13-4-2-12(3-5-13)16-20-21-10-15(19-18(21)25-16)11-6-8-14(22)9-7-11/h2-10,22H,1H3. The Bertz CT molecular complexity index is 1020. The van der Waals surface area contributed by atoms with Gasteiger partial charge in [0.25, 0.3) is 0 Å². The highest BCUT2D eigenvalue weighted by Gasteiger charge is 2.12. The number of nitrogens with zero attached hydrogens (tertiary/aromatic N) is 3. The number of phenols is 1. The summed E-state index contributed by atoms with van der Waals surface area (Å²) in [6.45, 7) is 0. The highest BCUT2D eigenvalue weighted by molar-refractivity contribution is 7.19. The van der Waals surface area contributed by atoms with E-state index in [4.69, 9.17) is 4.74 Å². The van der Waals surface area contributed by atoms with Crippen molar-refractivity contribution in [3.05, 3.63) is 60.3 Å². The van der Waals surface area contributed by atoms with Gasteiger partial charge < -0.3 is 9.84 Å². The molecule has 0 spiro atoms. The number of aromatic hydroxyl groups is 1. The molecule has 0 aliphatic carbocycles. The number of benzene rings is 2. The van der Waals surface area contributed by atoms with E-state index in [0.717, 1.165) is 26.8 Å². The van der Waals surface area contributed by atoms with Crippen molar-refractivity contribution >= 4 is 22.3 Å². The average molecular weight is 351 g/mol. The number of hydrogen-bond acceptors (Lipinski definition) is 6. The van der Waals surface area contributed by atoms with Crippen LogP contribution in [-0.4, -0.2) is 32.8 Å². The molecule has 4 rings (SSSR count). The third kappa shape index (κ3) is 2.85. The van der Waals surface area contributed by atoms with E-state index in [1.54, 1.807) is 28.8 Å².